The van der Waals surface area contributed by atoms with E-state index in [1.165, 1.54) is 7.05 Å². The van der Waals surface area contributed by atoms with Gasteiger partial charge in [-0.2, -0.15) is 4.31 Å². The van der Waals surface area contributed by atoms with E-state index in [1.807, 2.05) is 51.1 Å². The molecule has 0 bridgehead atoms. The summed E-state index contributed by atoms with van der Waals surface area (Å²) in [4.78, 5) is 12.8. The van der Waals surface area contributed by atoms with E-state index >= 15 is 0 Å². The average Bonchev–Trinajstić information content (AvgIpc) is 2.55. The van der Waals surface area contributed by atoms with Crippen LogP contribution in [0, 0.1) is 27.7 Å². The number of sulfonamides is 1. The van der Waals surface area contributed by atoms with Gasteiger partial charge in [-0.05, 0) is 56.4 Å². The molecule has 0 fully saturated rings. The van der Waals surface area contributed by atoms with E-state index in [2.05, 4.69) is 5.32 Å². The third-order valence-electron chi connectivity index (χ3n) is 4.64. The zero-order valence-electron chi connectivity index (χ0n) is 16.9. The lowest BCUT2D eigenvalue weighted by Crippen LogP contribution is -2.35. The fraction of sp³-hybridized carbons (Fsp3) is 0.381. The normalized spacial score (nSPS) is 11.7. The molecule has 27 heavy (non-hydrogen) atoms. The Balaban J connectivity index is 2.24. The van der Waals surface area contributed by atoms with Gasteiger partial charge in [0, 0.05) is 12.7 Å². The Hall–Kier alpha value is -2.18. The van der Waals surface area contributed by atoms with Gasteiger partial charge in [0.05, 0.1) is 11.4 Å². The molecule has 0 radical (unpaired) electrons. The van der Waals surface area contributed by atoms with Crippen molar-refractivity contribution in [3.63, 3.8) is 0 Å². The summed E-state index contributed by atoms with van der Waals surface area (Å²) in [5.41, 5.74) is 5.13. The van der Waals surface area contributed by atoms with Crippen molar-refractivity contribution in [1.29, 1.82) is 0 Å². The number of amides is 1. The van der Waals surface area contributed by atoms with Crippen LogP contribution >= 0.6 is 0 Å². The van der Waals surface area contributed by atoms with Gasteiger partial charge < -0.3 is 5.32 Å². The molecule has 1 amide bonds. The van der Waals surface area contributed by atoms with E-state index in [0.29, 0.717) is 11.1 Å². The monoisotopic (exact) mass is 388 g/mol. The minimum atomic E-state index is -3.76. The lowest BCUT2D eigenvalue weighted by atomic mass is 10.1. The molecule has 0 saturated carbocycles. The Morgan fingerprint density at radius 2 is 1.63 bits per heavy atom. The summed E-state index contributed by atoms with van der Waals surface area (Å²) in [6.45, 7) is 9.19. The molecule has 0 heterocycles. The van der Waals surface area contributed by atoms with E-state index in [9.17, 15) is 13.2 Å². The highest BCUT2D eigenvalue weighted by Crippen LogP contribution is 2.25. The second-order valence-corrected chi connectivity index (χ2v) is 8.98. The second-order valence-electron chi connectivity index (χ2n) is 7.00. The Labute approximate surface area is 162 Å². The minimum Gasteiger partial charge on any atom is -0.324 e. The zero-order valence-corrected chi connectivity index (χ0v) is 17.7. The van der Waals surface area contributed by atoms with Crippen LogP contribution in [0.2, 0.25) is 0 Å². The van der Waals surface area contributed by atoms with Gasteiger partial charge in [0.1, 0.15) is 0 Å². The third kappa shape index (κ3) is 4.57. The van der Waals surface area contributed by atoms with Gasteiger partial charge in [-0.1, -0.05) is 42.8 Å². The molecule has 0 unspecified atom stereocenters. The van der Waals surface area contributed by atoms with Crippen molar-refractivity contribution in [2.24, 2.45) is 0 Å². The highest BCUT2D eigenvalue weighted by molar-refractivity contribution is 7.89. The number of aryl methyl sites for hydroxylation is 5. The molecule has 2 aromatic rings. The molecular weight excluding hydrogens is 360 g/mol. The predicted molar refractivity (Wildman–Crippen MR) is 110 cm³/mol. The highest BCUT2D eigenvalue weighted by Gasteiger charge is 2.26. The number of anilines is 1. The Morgan fingerprint density at radius 1 is 1.04 bits per heavy atom. The summed E-state index contributed by atoms with van der Waals surface area (Å²) < 4.78 is 27.1. The van der Waals surface area contributed by atoms with Gasteiger partial charge in [-0.25, -0.2) is 8.42 Å². The molecule has 1 N–H and O–H groups in total. The number of carbonyl (C=O) groups is 1. The molecule has 2 aromatic carbocycles. The molecule has 5 nitrogen and oxygen atoms in total. The summed E-state index contributed by atoms with van der Waals surface area (Å²) in [6, 6.07) is 9.52. The third-order valence-corrected chi connectivity index (χ3v) is 6.75. The van der Waals surface area contributed by atoms with Gasteiger partial charge >= 0.3 is 0 Å². The first-order chi connectivity index (χ1) is 12.6. The largest absolute Gasteiger partial charge is 0.324 e. The van der Waals surface area contributed by atoms with Crippen LogP contribution in [0.4, 0.5) is 5.69 Å². The van der Waals surface area contributed by atoms with Gasteiger partial charge in [0.25, 0.3) is 0 Å². The molecule has 0 atom stereocenters. The minimum absolute atomic E-state index is 0.243. The van der Waals surface area contributed by atoms with Gasteiger partial charge in [-0.3, -0.25) is 4.79 Å². The zero-order chi connectivity index (χ0) is 20.4. The van der Waals surface area contributed by atoms with Crippen LogP contribution in [0.1, 0.15) is 34.7 Å². The Bertz CT molecular complexity index is 942. The summed E-state index contributed by atoms with van der Waals surface area (Å²) in [5.74, 6) is -0.354. The fourth-order valence-electron chi connectivity index (χ4n) is 3.40. The number of nitrogens with zero attached hydrogens (tertiary/aromatic N) is 1. The smallest absolute Gasteiger partial charge is 0.243 e. The van der Waals surface area contributed by atoms with Crippen LogP contribution in [0.3, 0.4) is 0 Å². The van der Waals surface area contributed by atoms with Crippen molar-refractivity contribution < 1.29 is 13.2 Å². The van der Waals surface area contributed by atoms with Crippen LogP contribution < -0.4 is 5.32 Å². The molecule has 0 aromatic heterocycles. The standard InChI is InChI=1S/C21H28N2O3S/c1-7-18-10-8-9-15(3)20(18)22-19(24)13-23(6)27(25,26)21-16(4)11-14(2)12-17(21)5/h8-12H,7,13H2,1-6H3,(H,22,24). The van der Waals surface area contributed by atoms with Crippen LogP contribution in [-0.2, 0) is 21.2 Å². The molecule has 0 aliphatic rings. The van der Waals surface area contributed by atoms with Crippen LogP contribution in [-0.4, -0.2) is 32.2 Å². The van der Waals surface area contributed by atoms with Gasteiger partial charge in [0.2, 0.25) is 15.9 Å². The van der Waals surface area contributed by atoms with E-state index in [-0.39, 0.29) is 17.3 Å². The highest BCUT2D eigenvalue weighted by atomic mass is 32.2. The summed E-state index contributed by atoms with van der Waals surface area (Å²) in [6.07, 6.45) is 0.785. The number of benzene rings is 2. The number of hydrogen-bond acceptors (Lipinski definition) is 3. The Morgan fingerprint density at radius 3 is 2.19 bits per heavy atom. The number of hydrogen-bond donors (Lipinski definition) is 1. The van der Waals surface area contributed by atoms with Crippen molar-refractivity contribution >= 4 is 21.6 Å². The second kappa shape index (κ2) is 8.23. The lowest BCUT2D eigenvalue weighted by Gasteiger charge is -2.21. The number of likely N-dealkylation sites (N-methyl/N-ethyl adjacent to an activating group) is 1. The summed E-state index contributed by atoms with van der Waals surface area (Å²) >= 11 is 0. The molecule has 0 aliphatic carbocycles. The summed E-state index contributed by atoms with van der Waals surface area (Å²) in [7, 11) is -2.32. The maximum Gasteiger partial charge on any atom is 0.243 e. The van der Waals surface area contributed by atoms with Gasteiger partial charge in [0.15, 0.2) is 0 Å². The van der Waals surface area contributed by atoms with Crippen LogP contribution in [0.5, 0.6) is 0 Å². The number of nitrogens with one attached hydrogen (secondary N) is 1. The van der Waals surface area contributed by atoms with E-state index in [1.54, 1.807) is 13.8 Å². The Kier molecular flexibility index (Phi) is 6.44. The topological polar surface area (TPSA) is 66.5 Å². The molecule has 6 heteroatoms. The first-order valence-electron chi connectivity index (χ1n) is 9.00. The van der Waals surface area contributed by atoms with Crippen LogP contribution in [0.25, 0.3) is 0 Å². The molecular formula is C21H28N2O3S. The SMILES string of the molecule is CCc1cccc(C)c1NC(=O)CN(C)S(=O)(=O)c1c(C)cc(C)cc1C. The quantitative estimate of drug-likeness (QED) is 0.820. The van der Waals surface area contributed by atoms with Crippen molar-refractivity contribution in [1.82, 2.24) is 4.31 Å². The summed E-state index contributed by atoms with van der Waals surface area (Å²) in [5, 5.41) is 2.88. The van der Waals surface area contributed by atoms with E-state index < -0.39 is 10.0 Å². The average molecular weight is 389 g/mol. The van der Waals surface area contributed by atoms with E-state index in [4.69, 9.17) is 0 Å². The van der Waals surface area contributed by atoms with Crippen LogP contribution in [0.15, 0.2) is 35.2 Å². The predicted octanol–water partition coefficient (Wildman–Crippen LogP) is 3.74. The van der Waals surface area contributed by atoms with Crippen molar-refractivity contribution in [2.75, 3.05) is 18.9 Å². The first-order valence-corrected chi connectivity index (χ1v) is 10.4. The number of carbonyl (C=O) groups excluding carboxylic acids is 1. The first kappa shape index (κ1) is 21.1. The maximum absolute atomic E-state index is 13.0. The number of rotatable bonds is 6. The maximum atomic E-state index is 13.0. The lowest BCUT2D eigenvalue weighted by molar-refractivity contribution is -0.116. The van der Waals surface area contributed by atoms with Crippen molar-refractivity contribution in [3.05, 3.63) is 58.1 Å². The van der Waals surface area contributed by atoms with E-state index in [0.717, 1.165) is 33.1 Å². The van der Waals surface area contributed by atoms with Crippen molar-refractivity contribution in [3.8, 4) is 0 Å². The molecule has 2 rings (SSSR count). The molecule has 0 aliphatic heterocycles. The molecule has 146 valence electrons. The number of para-hydroxylation sites is 1. The van der Waals surface area contributed by atoms with Crippen molar-refractivity contribution in [2.45, 2.75) is 45.9 Å². The molecule has 0 saturated heterocycles. The van der Waals surface area contributed by atoms with Gasteiger partial charge in [-0.15, -0.1) is 0 Å². The fourth-order valence-corrected chi connectivity index (χ4v) is 4.93. The molecule has 0 spiro atoms.